The summed E-state index contributed by atoms with van der Waals surface area (Å²) in [4.78, 5) is 17.8. The maximum Gasteiger partial charge on any atom is 0.230 e. The van der Waals surface area contributed by atoms with Crippen LogP contribution in [0.1, 0.15) is 56.9 Å². The zero-order valence-electron chi connectivity index (χ0n) is 15.6. The van der Waals surface area contributed by atoms with Crippen molar-refractivity contribution in [2.75, 3.05) is 31.1 Å². The maximum atomic E-state index is 14.1. The molecule has 5 rings (SSSR count). The van der Waals surface area contributed by atoms with Gasteiger partial charge >= 0.3 is 0 Å². The Hall–Kier alpha value is -1.42. The van der Waals surface area contributed by atoms with Crippen LogP contribution in [-0.2, 0) is 10.2 Å². The van der Waals surface area contributed by atoms with Crippen LogP contribution in [0.2, 0.25) is 0 Å². The highest BCUT2D eigenvalue weighted by Gasteiger charge is 2.47. The molecular formula is C22H29FN2O. The van der Waals surface area contributed by atoms with Crippen molar-refractivity contribution in [2.24, 2.45) is 11.8 Å². The fraction of sp³-hybridized carbons (Fsp3) is 0.682. The van der Waals surface area contributed by atoms with E-state index >= 15 is 0 Å². The van der Waals surface area contributed by atoms with Crippen molar-refractivity contribution in [3.63, 3.8) is 0 Å². The Balaban J connectivity index is 1.40. The molecule has 3 fully saturated rings. The molecule has 0 bridgehead atoms. The summed E-state index contributed by atoms with van der Waals surface area (Å²) < 4.78 is 14.1. The molecule has 0 atom stereocenters. The number of carbonyl (C=O) groups excluding carboxylic acids is 1. The Labute approximate surface area is 155 Å². The lowest BCUT2D eigenvalue weighted by Crippen LogP contribution is -2.47. The second-order valence-electron chi connectivity index (χ2n) is 9.09. The van der Waals surface area contributed by atoms with E-state index in [1.54, 1.807) is 6.07 Å². The van der Waals surface area contributed by atoms with E-state index in [9.17, 15) is 9.18 Å². The van der Waals surface area contributed by atoms with E-state index in [-0.39, 0.29) is 23.1 Å². The first-order valence-corrected chi connectivity index (χ1v) is 10.5. The van der Waals surface area contributed by atoms with E-state index in [0.717, 1.165) is 62.5 Å². The third kappa shape index (κ3) is 2.87. The summed E-state index contributed by atoms with van der Waals surface area (Å²) in [7, 11) is 0. The van der Waals surface area contributed by atoms with Crippen LogP contribution in [-0.4, -0.2) is 37.0 Å². The first-order valence-electron chi connectivity index (χ1n) is 10.5. The van der Waals surface area contributed by atoms with Gasteiger partial charge in [-0.15, -0.1) is 0 Å². The Bertz CT molecular complexity index is 700. The molecule has 4 heteroatoms. The van der Waals surface area contributed by atoms with Gasteiger partial charge in [-0.3, -0.25) is 4.79 Å². The van der Waals surface area contributed by atoms with Crippen LogP contribution >= 0.6 is 0 Å². The molecule has 140 valence electrons. The van der Waals surface area contributed by atoms with Gasteiger partial charge in [-0.2, -0.15) is 0 Å². The van der Waals surface area contributed by atoms with Gasteiger partial charge in [0, 0.05) is 30.1 Å². The molecule has 0 N–H and O–H groups in total. The third-order valence-electron chi connectivity index (χ3n) is 7.28. The SMILES string of the molecule is O=C(C1CCCC1)N1CC2(CCN(CC3CC3)CC2)c2cc(F)ccc21. The van der Waals surface area contributed by atoms with Crippen molar-refractivity contribution in [3.05, 3.63) is 29.6 Å². The summed E-state index contributed by atoms with van der Waals surface area (Å²) in [5.41, 5.74) is 2.04. The minimum atomic E-state index is -0.168. The summed E-state index contributed by atoms with van der Waals surface area (Å²) in [6, 6.07) is 5.09. The number of halogens is 1. The normalized spacial score (nSPS) is 25.8. The standard InChI is InChI=1S/C22H29FN2O/c23-18-7-8-20-19(13-18)22(9-11-24(12-10-22)14-16-5-6-16)15-25(20)21(26)17-3-1-2-4-17/h7-8,13,16-17H,1-6,9-12,14-15H2. The van der Waals surface area contributed by atoms with Gasteiger partial charge < -0.3 is 9.80 Å². The second-order valence-corrected chi connectivity index (χ2v) is 9.09. The molecule has 1 aromatic rings. The summed E-state index contributed by atoms with van der Waals surface area (Å²) in [5, 5.41) is 0. The minimum Gasteiger partial charge on any atom is -0.311 e. The molecule has 2 aliphatic carbocycles. The van der Waals surface area contributed by atoms with Gasteiger partial charge in [-0.25, -0.2) is 4.39 Å². The van der Waals surface area contributed by atoms with E-state index in [0.29, 0.717) is 0 Å². The topological polar surface area (TPSA) is 23.6 Å². The molecule has 0 unspecified atom stereocenters. The van der Waals surface area contributed by atoms with Crippen molar-refractivity contribution in [1.29, 1.82) is 0 Å². The number of hydrogen-bond donors (Lipinski definition) is 0. The van der Waals surface area contributed by atoms with Crippen molar-refractivity contribution >= 4 is 11.6 Å². The average molecular weight is 356 g/mol. The molecular weight excluding hydrogens is 327 g/mol. The van der Waals surface area contributed by atoms with Crippen LogP contribution in [0.5, 0.6) is 0 Å². The lowest BCUT2D eigenvalue weighted by Gasteiger charge is -2.40. The third-order valence-corrected chi connectivity index (χ3v) is 7.28. The minimum absolute atomic E-state index is 0.0360. The number of fused-ring (bicyclic) bond motifs is 2. The zero-order chi connectivity index (χ0) is 17.7. The van der Waals surface area contributed by atoms with E-state index < -0.39 is 0 Å². The molecule has 4 aliphatic rings. The number of carbonyl (C=O) groups is 1. The van der Waals surface area contributed by atoms with Gasteiger partial charge in [-0.05, 0) is 81.3 Å². The van der Waals surface area contributed by atoms with Gasteiger partial charge in [0.2, 0.25) is 5.91 Å². The van der Waals surface area contributed by atoms with Gasteiger partial charge in [0.25, 0.3) is 0 Å². The number of benzene rings is 1. The monoisotopic (exact) mass is 356 g/mol. The van der Waals surface area contributed by atoms with Gasteiger partial charge in [-0.1, -0.05) is 12.8 Å². The zero-order valence-corrected chi connectivity index (χ0v) is 15.6. The van der Waals surface area contributed by atoms with E-state index in [1.807, 2.05) is 11.0 Å². The van der Waals surface area contributed by atoms with Gasteiger partial charge in [0.1, 0.15) is 5.82 Å². The summed E-state index contributed by atoms with van der Waals surface area (Å²) in [6.45, 7) is 4.16. The Kier molecular flexibility index (Phi) is 4.07. The number of rotatable bonds is 3. The molecule has 0 radical (unpaired) electrons. The van der Waals surface area contributed by atoms with Crippen molar-refractivity contribution in [3.8, 4) is 0 Å². The van der Waals surface area contributed by atoms with Crippen molar-refractivity contribution < 1.29 is 9.18 Å². The molecule has 2 heterocycles. The maximum absolute atomic E-state index is 14.1. The Morgan fingerprint density at radius 1 is 1.12 bits per heavy atom. The second kappa shape index (κ2) is 6.33. The molecule has 3 nitrogen and oxygen atoms in total. The molecule has 2 saturated carbocycles. The first-order chi connectivity index (χ1) is 12.6. The summed E-state index contributed by atoms with van der Waals surface area (Å²) in [6.07, 6.45) is 9.25. The molecule has 1 amide bonds. The number of likely N-dealkylation sites (tertiary alicyclic amines) is 1. The lowest BCUT2D eigenvalue weighted by molar-refractivity contribution is -0.122. The molecule has 1 aromatic carbocycles. The van der Waals surface area contributed by atoms with E-state index in [1.165, 1.54) is 38.3 Å². The number of hydrogen-bond acceptors (Lipinski definition) is 2. The number of piperidine rings is 1. The highest BCUT2D eigenvalue weighted by atomic mass is 19.1. The van der Waals surface area contributed by atoms with Gasteiger partial charge in [0.15, 0.2) is 0 Å². The smallest absolute Gasteiger partial charge is 0.230 e. The molecule has 0 aromatic heterocycles. The van der Waals surface area contributed by atoms with Crippen LogP contribution in [0.15, 0.2) is 18.2 Å². The number of anilines is 1. The van der Waals surface area contributed by atoms with Crippen LogP contribution in [0.25, 0.3) is 0 Å². The molecule has 26 heavy (non-hydrogen) atoms. The highest BCUT2D eigenvalue weighted by molar-refractivity contribution is 5.98. The van der Waals surface area contributed by atoms with E-state index in [4.69, 9.17) is 0 Å². The highest BCUT2D eigenvalue weighted by Crippen LogP contribution is 2.48. The van der Waals surface area contributed by atoms with Crippen LogP contribution in [0, 0.1) is 17.7 Å². The molecule has 1 saturated heterocycles. The van der Waals surface area contributed by atoms with Crippen molar-refractivity contribution in [2.45, 2.75) is 56.8 Å². The number of amides is 1. The van der Waals surface area contributed by atoms with Crippen molar-refractivity contribution in [1.82, 2.24) is 4.90 Å². The fourth-order valence-electron chi connectivity index (χ4n) is 5.49. The Morgan fingerprint density at radius 3 is 2.54 bits per heavy atom. The van der Waals surface area contributed by atoms with Gasteiger partial charge in [0.05, 0.1) is 0 Å². The molecule has 1 spiro atoms. The first kappa shape index (κ1) is 16.7. The predicted octanol–water partition coefficient (Wildman–Crippen LogP) is 4.11. The number of nitrogens with zero attached hydrogens (tertiary/aromatic N) is 2. The quantitative estimate of drug-likeness (QED) is 0.814. The Morgan fingerprint density at radius 2 is 1.85 bits per heavy atom. The van der Waals surface area contributed by atoms with E-state index in [2.05, 4.69) is 4.90 Å². The van der Waals surface area contributed by atoms with Crippen LogP contribution < -0.4 is 4.90 Å². The summed E-state index contributed by atoms with van der Waals surface area (Å²) >= 11 is 0. The fourth-order valence-corrected chi connectivity index (χ4v) is 5.49. The predicted molar refractivity (Wildman–Crippen MR) is 101 cm³/mol. The molecule has 2 aliphatic heterocycles. The summed E-state index contributed by atoms with van der Waals surface area (Å²) in [5.74, 6) is 1.21. The van der Waals surface area contributed by atoms with Crippen LogP contribution in [0.4, 0.5) is 10.1 Å². The average Bonchev–Trinajstić information content (AvgIpc) is 3.19. The lowest BCUT2D eigenvalue weighted by atomic mass is 9.74. The largest absolute Gasteiger partial charge is 0.311 e. The van der Waals surface area contributed by atoms with Crippen LogP contribution in [0.3, 0.4) is 0 Å².